The molecule has 1 fully saturated rings. The average molecular weight is 423 g/mol. The van der Waals surface area contributed by atoms with E-state index < -0.39 is 0 Å². The molecule has 2 aromatic carbocycles. The van der Waals surface area contributed by atoms with E-state index >= 15 is 0 Å². The van der Waals surface area contributed by atoms with E-state index in [9.17, 15) is 4.79 Å². The van der Waals surface area contributed by atoms with Gasteiger partial charge in [-0.05, 0) is 56.0 Å². The minimum Gasteiger partial charge on any atom is -0.492 e. The van der Waals surface area contributed by atoms with Crippen LogP contribution in [0.3, 0.4) is 0 Å². The van der Waals surface area contributed by atoms with E-state index in [0.717, 1.165) is 57.8 Å². The lowest BCUT2D eigenvalue weighted by Crippen LogP contribution is -2.08. The van der Waals surface area contributed by atoms with E-state index in [4.69, 9.17) is 4.74 Å². The summed E-state index contributed by atoms with van der Waals surface area (Å²) in [7, 11) is 0. The van der Waals surface area contributed by atoms with Crippen LogP contribution in [0.1, 0.15) is 42.6 Å². The van der Waals surface area contributed by atoms with Gasteiger partial charge in [-0.15, -0.1) is 10.2 Å². The van der Waals surface area contributed by atoms with Gasteiger partial charge >= 0.3 is 0 Å². The molecule has 3 aromatic rings. The third-order valence-corrected chi connectivity index (χ3v) is 5.89. The van der Waals surface area contributed by atoms with Crippen LogP contribution in [-0.4, -0.2) is 33.0 Å². The summed E-state index contributed by atoms with van der Waals surface area (Å²) in [6, 6.07) is 14.0. The zero-order valence-corrected chi connectivity index (χ0v) is 18.3. The molecule has 30 heavy (non-hydrogen) atoms. The SMILES string of the molecule is CC(=O)Nc1cccc(-n2c(SCCOc3c(C)cccc3C)nnc2C2CC2)c1. The van der Waals surface area contributed by atoms with Gasteiger partial charge in [0.15, 0.2) is 5.16 Å². The van der Waals surface area contributed by atoms with E-state index in [1.807, 2.05) is 30.3 Å². The molecule has 4 rings (SSSR count). The number of aryl methyl sites for hydroxylation is 2. The maximum atomic E-state index is 11.4. The van der Waals surface area contributed by atoms with Gasteiger partial charge in [0.25, 0.3) is 0 Å². The molecular formula is C23H26N4O2S. The first-order chi connectivity index (χ1) is 14.5. The molecule has 0 spiro atoms. The van der Waals surface area contributed by atoms with Gasteiger partial charge < -0.3 is 10.1 Å². The van der Waals surface area contributed by atoms with Crippen LogP contribution in [-0.2, 0) is 4.79 Å². The zero-order chi connectivity index (χ0) is 21.1. The average Bonchev–Trinajstić information content (AvgIpc) is 3.46. The minimum absolute atomic E-state index is 0.0865. The highest BCUT2D eigenvalue weighted by Crippen LogP contribution is 2.41. The smallest absolute Gasteiger partial charge is 0.221 e. The molecule has 1 heterocycles. The maximum absolute atomic E-state index is 11.4. The number of nitrogens with one attached hydrogen (secondary N) is 1. The molecule has 156 valence electrons. The lowest BCUT2D eigenvalue weighted by molar-refractivity contribution is -0.114. The number of para-hydroxylation sites is 1. The molecule has 6 nitrogen and oxygen atoms in total. The number of ether oxygens (including phenoxy) is 1. The molecule has 1 N–H and O–H groups in total. The van der Waals surface area contributed by atoms with Crippen molar-refractivity contribution >= 4 is 23.4 Å². The van der Waals surface area contributed by atoms with Gasteiger partial charge in [-0.25, -0.2) is 0 Å². The van der Waals surface area contributed by atoms with E-state index in [1.165, 1.54) is 6.92 Å². The zero-order valence-electron chi connectivity index (χ0n) is 17.5. The molecule has 1 aliphatic carbocycles. The molecule has 1 saturated carbocycles. The van der Waals surface area contributed by atoms with Crippen LogP contribution in [0.15, 0.2) is 47.6 Å². The normalized spacial score (nSPS) is 13.3. The van der Waals surface area contributed by atoms with Gasteiger partial charge in [-0.3, -0.25) is 9.36 Å². The van der Waals surface area contributed by atoms with Crippen LogP contribution in [0.5, 0.6) is 5.75 Å². The summed E-state index contributed by atoms with van der Waals surface area (Å²) in [5.74, 6) is 3.09. The van der Waals surface area contributed by atoms with Crippen LogP contribution in [0.2, 0.25) is 0 Å². The molecule has 0 radical (unpaired) electrons. The molecule has 1 amide bonds. The standard InChI is InChI=1S/C23H26N4O2S/c1-15-6-4-7-16(2)21(15)29-12-13-30-23-26-25-22(18-10-11-18)27(23)20-9-5-8-19(14-20)24-17(3)28/h4-9,14,18H,10-13H2,1-3H3,(H,24,28). The summed E-state index contributed by atoms with van der Waals surface area (Å²) >= 11 is 1.64. The monoisotopic (exact) mass is 422 g/mol. The number of carbonyl (C=O) groups is 1. The number of thioether (sulfide) groups is 1. The Morgan fingerprint density at radius 1 is 1.17 bits per heavy atom. The number of hydrogen-bond donors (Lipinski definition) is 1. The Balaban J connectivity index is 1.50. The van der Waals surface area contributed by atoms with Crippen LogP contribution >= 0.6 is 11.8 Å². The second-order valence-corrected chi connectivity index (χ2v) is 8.66. The van der Waals surface area contributed by atoms with Crippen LogP contribution in [0.25, 0.3) is 5.69 Å². The highest BCUT2D eigenvalue weighted by molar-refractivity contribution is 7.99. The Bertz CT molecular complexity index is 1040. The third kappa shape index (κ3) is 4.67. The van der Waals surface area contributed by atoms with E-state index in [-0.39, 0.29) is 5.91 Å². The van der Waals surface area contributed by atoms with Gasteiger partial charge in [-0.2, -0.15) is 0 Å². The first kappa shape index (κ1) is 20.5. The summed E-state index contributed by atoms with van der Waals surface area (Å²) in [5, 5.41) is 12.6. The number of aromatic nitrogens is 3. The van der Waals surface area contributed by atoms with Crippen LogP contribution in [0, 0.1) is 13.8 Å². The Morgan fingerprint density at radius 2 is 1.90 bits per heavy atom. The third-order valence-electron chi connectivity index (χ3n) is 5.00. The van der Waals surface area contributed by atoms with Crippen molar-refractivity contribution in [1.29, 1.82) is 0 Å². The van der Waals surface area contributed by atoms with Crippen molar-refractivity contribution in [3.05, 3.63) is 59.4 Å². The van der Waals surface area contributed by atoms with Crippen molar-refractivity contribution in [1.82, 2.24) is 14.8 Å². The topological polar surface area (TPSA) is 69.0 Å². The van der Waals surface area contributed by atoms with Gasteiger partial charge in [0.05, 0.1) is 12.3 Å². The number of benzene rings is 2. The Morgan fingerprint density at radius 3 is 2.60 bits per heavy atom. The van der Waals surface area contributed by atoms with Gasteiger partial charge in [-0.1, -0.05) is 36.0 Å². The highest BCUT2D eigenvalue weighted by Gasteiger charge is 2.31. The predicted octanol–water partition coefficient (Wildman–Crippen LogP) is 4.89. The number of amides is 1. The van der Waals surface area contributed by atoms with Crippen LogP contribution < -0.4 is 10.1 Å². The second kappa shape index (κ2) is 8.92. The van der Waals surface area contributed by atoms with Crippen molar-refractivity contribution < 1.29 is 9.53 Å². The van der Waals surface area contributed by atoms with Crippen molar-refractivity contribution in [2.45, 2.75) is 44.7 Å². The Hall–Kier alpha value is -2.80. The van der Waals surface area contributed by atoms with E-state index in [0.29, 0.717) is 12.5 Å². The maximum Gasteiger partial charge on any atom is 0.221 e. The van der Waals surface area contributed by atoms with Crippen molar-refractivity contribution in [3.63, 3.8) is 0 Å². The fourth-order valence-corrected chi connectivity index (χ4v) is 4.23. The molecule has 1 aromatic heterocycles. The minimum atomic E-state index is -0.0865. The molecule has 0 saturated heterocycles. The number of carbonyl (C=O) groups excluding carboxylic acids is 1. The summed E-state index contributed by atoms with van der Waals surface area (Å²) in [6.07, 6.45) is 2.29. The van der Waals surface area contributed by atoms with Crippen molar-refractivity contribution in [2.24, 2.45) is 0 Å². The summed E-state index contributed by atoms with van der Waals surface area (Å²) in [6.45, 7) is 6.23. The molecule has 0 bridgehead atoms. The van der Waals surface area contributed by atoms with E-state index in [2.05, 4.69) is 46.1 Å². The quantitative estimate of drug-likeness (QED) is 0.413. The molecule has 1 aliphatic rings. The summed E-state index contributed by atoms with van der Waals surface area (Å²) in [5.41, 5.74) is 4.03. The number of rotatable bonds is 8. The molecule has 7 heteroatoms. The number of hydrogen-bond acceptors (Lipinski definition) is 5. The fourth-order valence-electron chi connectivity index (χ4n) is 3.45. The lowest BCUT2D eigenvalue weighted by atomic mass is 10.1. The second-order valence-electron chi connectivity index (χ2n) is 7.60. The van der Waals surface area contributed by atoms with Crippen molar-refractivity contribution in [3.8, 4) is 11.4 Å². The molecule has 0 unspecified atom stereocenters. The first-order valence-electron chi connectivity index (χ1n) is 10.2. The summed E-state index contributed by atoms with van der Waals surface area (Å²) in [4.78, 5) is 11.4. The number of nitrogens with zero attached hydrogens (tertiary/aromatic N) is 3. The predicted molar refractivity (Wildman–Crippen MR) is 120 cm³/mol. The van der Waals surface area contributed by atoms with Gasteiger partial charge in [0.2, 0.25) is 5.91 Å². The van der Waals surface area contributed by atoms with Gasteiger partial charge in [0, 0.05) is 24.3 Å². The Labute approximate surface area is 181 Å². The highest BCUT2D eigenvalue weighted by atomic mass is 32.2. The van der Waals surface area contributed by atoms with Crippen molar-refractivity contribution in [2.75, 3.05) is 17.7 Å². The molecule has 0 atom stereocenters. The summed E-state index contributed by atoms with van der Waals surface area (Å²) < 4.78 is 8.16. The van der Waals surface area contributed by atoms with E-state index in [1.54, 1.807) is 11.8 Å². The first-order valence-corrected chi connectivity index (χ1v) is 11.2. The molecule has 0 aliphatic heterocycles. The molecular weight excluding hydrogens is 396 g/mol. The largest absolute Gasteiger partial charge is 0.492 e. The fraction of sp³-hybridized carbons (Fsp3) is 0.348. The number of anilines is 1. The lowest BCUT2D eigenvalue weighted by Gasteiger charge is -2.13. The Kier molecular flexibility index (Phi) is 6.08. The van der Waals surface area contributed by atoms with Crippen LogP contribution in [0.4, 0.5) is 5.69 Å². The van der Waals surface area contributed by atoms with Gasteiger partial charge in [0.1, 0.15) is 11.6 Å².